The fraction of sp³-hybridized carbons (Fsp3) is 0.846. The van der Waals surface area contributed by atoms with Crippen LogP contribution in [0.15, 0.2) is 0 Å². The minimum Gasteiger partial charge on any atom is -0.481 e. The van der Waals surface area contributed by atoms with Gasteiger partial charge in [0.05, 0.1) is 18.4 Å². The van der Waals surface area contributed by atoms with Crippen molar-refractivity contribution in [2.75, 3.05) is 26.2 Å². The van der Waals surface area contributed by atoms with Gasteiger partial charge in [-0.05, 0) is 18.8 Å². The van der Waals surface area contributed by atoms with Crippen LogP contribution in [0.2, 0.25) is 0 Å². The van der Waals surface area contributed by atoms with Crippen molar-refractivity contribution in [3.8, 4) is 0 Å². The maximum absolute atomic E-state index is 12.8. The Balaban J connectivity index is 1.83. The lowest BCUT2D eigenvalue weighted by Crippen LogP contribution is -2.39. The summed E-state index contributed by atoms with van der Waals surface area (Å²) < 4.78 is 38.4. The molecule has 120 valence electrons. The molecule has 0 aromatic heterocycles. The Hall–Kier alpha value is -1.31. The molecular weight excluding hydrogens is 289 g/mol. The van der Waals surface area contributed by atoms with Gasteiger partial charge < -0.3 is 10.4 Å². The number of carboxylic acids is 1. The van der Waals surface area contributed by atoms with Crippen molar-refractivity contribution in [2.45, 2.75) is 25.4 Å². The molecule has 0 radical (unpaired) electrons. The van der Waals surface area contributed by atoms with E-state index in [0.717, 1.165) is 19.3 Å². The molecule has 1 saturated carbocycles. The number of nitrogens with zero attached hydrogens (tertiary/aromatic N) is 1. The second-order valence-corrected chi connectivity index (χ2v) is 5.89. The molecule has 1 aliphatic carbocycles. The molecule has 2 atom stereocenters. The molecular formula is C13H19F3N2O3. The molecule has 0 bridgehead atoms. The summed E-state index contributed by atoms with van der Waals surface area (Å²) in [4.78, 5) is 23.9. The number of aliphatic carboxylic acids is 1. The number of hydrogen-bond donors (Lipinski definition) is 2. The van der Waals surface area contributed by atoms with Crippen LogP contribution in [-0.4, -0.2) is 54.2 Å². The standard InChI is InChI=1S/C13H19F3N2O3/c14-13(15,16)10-6-18(5-9(10)12(20)21)7-11(19)17-4-8-2-1-3-8/h8-10H,1-7H2,(H,17,19)(H,20,21)/t9-,10-/m1/s1. The SMILES string of the molecule is O=C(CN1C[C@@H](C(F)(F)F)[C@H](C(=O)O)C1)NCC1CCC1. The molecule has 2 fully saturated rings. The molecule has 1 aliphatic heterocycles. The molecule has 2 rings (SSSR count). The van der Waals surface area contributed by atoms with Crippen LogP contribution in [0.4, 0.5) is 13.2 Å². The average molecular weight is 308 g/mol. The van der Waals surface area contributed by atoms with Gasteiger partial charge in [-0.2, -0.15) is 13.2 Å². The molecule has 8 heteroatoms. The van der Waals surface area contributed by atoms with Gasteiger partial charge in [0.1, 0.15) is 0 Å². The maximum Gasteiger partial charge on any atom is 0.393 e. The second-order valence-electron chi connectivity index (χ2n) is 5.89. The van der Waals surface area contributed by atoms with Crippen molar-refractivity contribution < 1.29 is 27.9 Å². The van der Waals surface area contributed by atoms with E-state index in [0.29, 0.717) is 12.5 Å². The van der Waals surface area contributed by atoms with E-state index in [2.05, 4.69) is 5.32 Å². The number of alkyl halides is 3. The van der Waals surface area contributed by atoms with Gasteiger partial charge in [0.25, 0.3) is 0 Å². The van der Waals surface area contributed by atoms with Crippen LogP contribution < -0.4 is 5.32 Å². The number of halogens is 3. The molecule has 1 saturated heterocycles. The maximum atomic E-state index is 12.8. The quantitative estimate of drug-likeness (QED) is 0.798. The van der Waals surface area contributed by atoms with E-state index >= 15 is 0 Å². The van der Waals surface area contributed by atoms with Crippen molar-refractivity contribution in [3.05, 3.63) is 0 Å². The van der Waals surface area contributed by atoms with Crippen LogP contribution in [0, 0.1) is 17.8 Å². The highest BCUT2D eigenvalue weighted by Crippen LogP contribution is 2.37. The van der Waals surface area contributed by atoms with Gasteiger partial charge in [-0.3, -0.25) is 14.5 Å². The predicted molar refractivity (Wildman–Crippen MR) is 67.5 cm³/mol. The number of nitrogens with one attached hydrogen (secondary N) is 1. The summed E-state index contributed by atoms with van der Waals surface area (Å²) in [6.07, 6.45) is -1.26. The number of amides is 1. The van der Waals surface area contributed by atoms with Crippen molar-refractivity contribution in [3.63, 3.8) is 0 Å². The normalized spacial score (nSPS) is 27.4. The zero-order valence-corrected chi connectivity index (χ0v) is 11.5. The molecule has 0 aromatic rings. The monoisotopic (exact) mass is 308 g/mol. The van der Waals surface area contributed by atoms with Crippen molar-refractivity contribution in [2.24, 2.45) is 17.8 Å². The van der Waals surface area contributed by atoms with Crippen molar-refractivity contribution >= 4 is 11.9 Å². The van der Waals surface area contributed by atoms with Gasteiger partial charge in [0.15, 0.2) is 0 Å². The first-order valence-corrected chi connectivity index (χ1v) is 7.06. The van der Waals surface area contributed by atoms with Crippen LogP contribution in [-0.2, 0) is 9.59 Å². The smallest absolute Gasteiger partial charge is 0.393 e. The largest absolute Gasteiger partial charge is 0.481 e. The summed E-state index contributed by atoms with van der Waals surface area (Å²) in [5, 5.41) is 11.6. The highest BCUT2D eigenvalue weighted by Gasteiger charge is 2.52. The molecule has 1 heterocycles. The van der Waals surface area contributed by atoms with E-state index in [4.69, 9.17) is 5.11 Å². The van der Waals surface area contributed by atoms with Crippen LogP contribution in [0.3, 0.4) is 0 Å². The highest BCUT2D eigenvalue weighted by molar-refractivity contribution is 5.78. The Labute approximate surface area is 120 Å². The van der Waals surface area contributed by atoms with Gasteiger partial charge in [-0.1, -0.05) is 6.42 Å². The van der Waals surface area contributed by atoms with Gasteiger partial charge in [-0.15, -0.1) is 0 Å². The van der Waals surface area contributed by atoms with Gasteiger partial charge in [0, 0.05) is 19.6 Å². The van der Waals surface area contributed by atoms with E-state index in [-0.39, 0.29) is 19.0 Å². The molecule has 0 spiro atoms. The third-order valence-corrected chi connectivity index (χ3v) is 4.31. The fourth-order valence-electron chi connectivity index (χ4n) is 2.81. The molecule has 5 nitrogen and oxygen atoms in total. The molecule has 21 heavy (non-hydrogen) atoms. The lowest BCUT2D eigenvalue weighted by Gasteiger charge is -2.26. The Morgan fingerprint density at radius 3 is 2.33 bits per heavy atom. The predicted octanol–water partition coefficient (Wildman–Crippen LogP) is 1.10. The zero-order valence-electron chi connectivity index (χ0n) is 11.5. The molecule has 2 N–H and O–H groups in total. The van der Waals surface area contributed by atoms with Crippen molar-refractivity contribution in [1.29, 1.82) is 0 Å². The van der Waals surface area contributed by atoms with Gasteiger partial charge in [0.2, 0.25) is 5.91 Å². The first kappa shape index (κ1) is 16.1. The first-order valence-electron chi connectivity index (χ1n) is 7.06. The third-order valence-electron chi connectivity index (χ3n) is 4.31. The number of carbonyl (C=O) groups is 2. The zero-order chi connectivity index (χ0) is 15.6. The van der Waals surface area contributed by atoms with Crippen molar-refractivity contribution in [1.82, 2.24) is 10.2 Å². The minimum absolute atomic E-state index is 0.178. The van der Waals surface area contributed by atoms with Gasteiger partial charge >= 0.3 is 12.1 Å². The lowest BCUT2D eigenvalue weighted by atomic mass is 9.85. The Kier molecular flexibility index (Phi) is 4.75. The summed E-state index contributed by atoms with van der Waals surface area (Å²) in [6.45, 7) is -0.297. The summed E-state index contributed by atoms with van der Waals surface area (Å²) in [5.41, 5.74) is 0. The Morgan fingerprint density at radius 2 is 1.90 bits per heavy atom. The summed E-state index contributed by atoms with van der Waals surface area (Å²) >= 11 is 0. The Morgan fingerprint density at radius 1 is 1.24 bits per heavy atom. The van der Waals surface area contributed by atoms with Crippen LogP contribution in [0.1, 0.15) is 19.3 Å². The number of carbonyl (C=O) groups excluding carboxylic acids is 1. The average Bonchev–Trinajstić information content (AvgIpc) is 2.70. The van der Waals surface area contributed by atoms with E-state index in [9.17, 15) is 22.8 Å². The second kappa shape index (κ2) is 6.21. The number of carboxylic acid groups (broad SMARTS) is 1. The van der Waals surface area contributed by atoms with E-state index in [1.807, 2.05) is 0 Å². The Bertz CT molecular complexity index is 410. The highest BCUT2D eigenvalue weighted by atomic mass is 19.4. The van der Waals surface area contributed by atoms with E-state index in [1.165, 1.54) is 4.90 Å². The number of likely N-dealkylation sites (tertiary alicyclic amines) is 1. The molecule has 1 amide bonds. The molecule has 0 unspecified atom stereocenters. The third kappa shape index (κ3) is 4.09. The molecule has 0 aromatic carbocycles. The van der Waals surface area contributed by atoms with Crippen LogP contribution in [0.25, 0.3) is 0 Å². The van der Waals surface area contributed by atoms with E-state index in [1.54, 1.807) is 0 Å². The summed E-state index contributed by atoms with van der Waals surface area (Å²) in [6, 6.07) is 0. The minimum atomic E-state index is -4.56. The van der Waals surface area contributed by atoms with E-state index < -0.39 is 30.5 Å². The first-order chi connectivity index (χ1) is 9.77. The number of rotatable bonds is 5. The summed E-state index contributed by atoms with van der Waals surface area (Å²) in [5.74, 6) is -4.73. The van der Waals surface area contributed by atoms with Gasteiger partial charge in [-0.25, -0.2) is 0 Å². The molecule has 2 aliphatic rings. The number of hydrogen-bond acceptors (Lipinski definition) is 3. The van der Waals surface area contributed by atoms with Crippen LogP contribution >= 0.6 is 0 Å². The fourth-order valence-corrected chi connectivity index (χ4v) is 2.81. The van der Waals surface area contributed by atoms with Crippen LogP contribution in [0.5, 0.6) is 0 Å². The lowest BCUT2D eigenvalue weighted by molar-refractivity contribution is -0.188. The summed E-state index contributed by atoms with van der Waals surface area (Å²) in [7, 11) is 0. The topological polar surface area (TPSA) is 69.6 Å².